The molecule has 1 aliphatic carbocycles. The van der Waals surface area contributed by atoms with Crippen molar-refractivity contribution in [1.82, 2.24) is 5.32 Å². The number of aryl methyl sites for hydroxylation is 1. The smallest absolute Gasteiger partial charge is 0.230 e. The van der Waals surface area contributed by atoms with Crippen molar-refractivity contribution < 1.29 is 4.79 Å². The van der Waals surface area contributed by atoms with Crippen LogP contribution in [0.1, 0.15) is 49.7 Å². The van der Waals surface area contributed by atoms with Gasteiger partial charge in [-0.3, -0.25) is 9.79 Å². The number of fused-ring (bicyclic) bond motifs is 1. The van der Waals surface area contributed by atoms with Crippen LogP contribution in [0.25, 0.3) is 0 Å². The summed E-state index contributed by atoms with van der Waals surface area (Å²) in [6, 6.07) is 16.4. The summed E-state index contributed by atoms with van der Waals surface area (Å²) < 4.78 is 0. The normalized spacial score (nSPS) is 15.8. The molecule has 1 heterocycles. The summed E-state index contributed by atoms with van der Waals surface area (Å²) in [5.41, 5.74) is 6.53. The summed E-state index contributed by atoms with van der Waals surface area (Å²) in [5.74, 6) is 0.441. The van der Waals surface area contributed by atoms with Crippen molar-refractivity contribution >= 4 is 39.8 Å². The van der Waals surface area contributed by atoms with Gasteiger partial charge in [0.25, 0.3) is 0 Å². The molecule has 0 unspecified atom stereocenters. The highest BCUT2D eigenvalue weighted by Crippen LogP contribution is 2.33. The third-order valence-electron chi connectivity index (χ3n) is 5.61. The highest BCUT2D eigenvalue weighted by molar-refractivity contribution is 8.14. The van der Waals surface area contributed by atoms with E-state index in [-0.39, 0.29) is 5.91 Å². The van der Waals surface area contributed by atoms with Gasteiger partial charge in [-0.1, -0.05) is 53.6 Å². The number of hydrogen-bond donors (Lipinski definition) is 1. The molecule has 1 amide bonds. The molecule has 4 rings (SSSR count). The zero-order valence-electron chi connectivity index (χ0n) is 18.1. The van der Waals surface area contributed by atoms with Crippen LogP contribution in [0.5, 0.6) is 0 Å². The van der Waals surface area contributed by atoms with Crippen molar-refractivity contribution in [2.75, 3.05) is 12.3 Å². The van der Waals surface area contributed by atoms with Gasteiger partial charge in [0.2, 0.25) is 5.91 Å². The van der Waals surface area contributed by atoms with E-state index in [0.29, 0.717) is 12.2 Å². The molecule has 5 heteroatoms. The predicted molar refractivity (Wildman–Crippen MR) is 132 cm³/mol. The van der Waals surface area contributed by atoms with Gasteiger partial charge in [0.1, 0.15) is 0 Å². The number of amides is 1. The zero-order valence-corrected chi connectivity index (χ0v) is 18.9. The fourth-order valence-electron chi connectivity index (χ4n) is 3.85. The Morgan fingerprint density at radius 3 is 2.55 bits per heavy atom. The van der Waals surface area contributed by atoms with E-state index in [9.17, 15) is 4.79 Å². The Labute approximate surface area is 189 Å². The van der Waals surface area contributed by atoms with Crippen LogP contribution in [0.15, 0.2) is 70.2 Å². The summed E-state index contributed by atoms with van der Waals surface area (Å²) in [5, 5.41) is 3.99. The molecular weight excluding hydrogens is 402 g/mol. The number of thioether (sulfide) groups is 1. The Morgan fingerprint density at radius 2 is 1.81 bits per heavy atom. The monoisotopic (exact) mass is 431 g/mol. The zero-order chi connectivity index (χ0) is 21.5. The van der Waals surface area contributed by atoms with Gasteiger partial charge in [0.15, 0.2) is 0 Å². The Balaban J connectivity index is 1.39. The van der Waals surface area contributed by atoms with Crippen molar-refractivity contribution in [3.63, 3.8) is 0 Å². The molecule has 31 heavy (non-hydrogen) atoms. The Kier molecular flexibility index (Phi) is 7.36. The van der Waals surface area contributed by atoms with Crippen LogP contribution < -0.4 is 5.32 Å². The number of hydrogen-bond acceptors (Lipinski definition) is 4. The maximum atomic E-state index is 12.4. The molecule has 0 spiro atoms. The molecule has 0 saturated heterocycles. The predicted octanol–water partition coefficient (Wildman–Crippen LogP) is 6.29. The lowest BCUT2D eigenvalue weighted by Crippen LogP contribution is -2.27. The molecule has 2 aliphatic rings. The van der Waals surface area contributed by atoms with Crippen LogP contribution in [-0.4, -0.2) is 29.0 Å². The van der Waals surface area contributed by atoms with Crippen LogP contribution in [-0.2, 0) is 4.79 Å². The first-order chi connectivity index (χ1) is 15.2. The van der Waals surface area contributed by atoms with E-state index >= 15 is 0 Å². The van der Waals surface area contributed by atoms with Gasteiger partial charge >= 0.3 is 0 Å². The van der Waals surface area contributed by atoms with Crippen LogP contribution >= 0.6 is 11.8 Å². The van der Waals surface area contributed by atoms with E-state index in [0.717, 1.165) is 40.7 Å². The highest BCUT2D eigenvalue weighted by Gasteiger charge is 2.16. The van der Waals surface area contributed by atoms with Crippen molar-refractivity contribution in [3.05, 3.63) is 71.3 Å². The summed E-state index contributed by atoms with van der Waals surface area (Å²) >= 11 is 1.51. The molecule has 0 saturated carbocycles. The number of nitrogens with zero attached hydrogens (tertiary/aromatic N) is 2. The second-order valence-electron chi connectivity index (χ2n) is 8.09. The second-order valence-corrected chi connectivity index (χ2v) is 9.14. The van der Waals surface area contributed by atoms with E-state index in [4.69, 9.17) is 9.98 Å². The van der Waals surface area contributed by atoms with E-state index in [2.05, 4.69) is 42.6 Å². The highest BCUT2D eigenvalue weighted by atomic mass is 32.2. The summed E-state index contributed by atoms with van der Waals surface area (Å²) in [7, 11) is 0. The van der Waals surface area contributed by atoms with Gasteiger partial charge in [0, 0.05) is 13.0 Å². The van der Waals surface area contributed by atoms with E-state index in [1.165, 1.54) is 48.6 Å². The first-order valence-corrected chi connectivity index (χ1v) is 12.0. The average Bonchev–Trinajstić information content (AvgIpc) is 2.98. The summed E-state index contributed by atoms with van der Waals surface area (Å²) in [6.45, 7) is 2.80. The van der Waals surface area contributed by atoms with Crippen molar-refractivity contribution in [1.29, 1.82) is 0 Å². The SMILES string of the molecule is Cc1ccc(C2=Nc3ccccc3N=C(SCC(=O)NCCC3=CCCCC3)C2)cc1. The molecule has 2 aromatic rings. The minimum atomic E-state index is 0.0652. The van der Waals surface area contributed by atoms with Crippen LogP contribution in [0, 0.1) is 6.92 Å². The Bertz CT molecular complexity index is 1020. The number of aliphatic imine (C=N–C) groups is 2. The molecule has 0 atom stereocenters. The first kappa shape index (κ1) is 21.6. The fraction of sp³-hybridized carbons (Fsp3) is 0.346. The molecule has 1 aliphatic heterocycles. The van der Waals surface area contributed by atoms with Gasteiger partial charge in [-0.25, -0.2) is 4.99 Å². The molecule has 0 bridgehead atoms. The lowest BCUT2D eigenvalue weighted by molar-refractivity contribution is -0.118. The number of nitrogens with one attached hydrogen (secondary N) is 1. The lowest BCUT2D eigenvalue weighted by atomic mass is 9.97. The minimum Gasteiger partial charge on any atom is -0.355 e. The standard InChI is InChI=1S/C26H29N3OS/c1-19-11-13-21(14-12-19)24-17-26(29-23-10-6-5-9-22(23)28-24)31-18-25(30)27-16-15-20-7-3-2-4-8-20/h5-7,9-14H,2-4,8,15-18H2,1H3,(H,27,30). The molecule has 0 aromatic heterocycles. The topological polar surface area (TPSA) is 53.8 Å². The van der Waals surface area contributed by atoms with Gasteiger partial charge < -0.3 is 5.32 Å². The van der Waals surface area contributed by atoms with Crippen LogP contribution in [0.3, 0.4) is 0 Å². The maximum Gasteiger partial charge on any atom is 0.230 e. The van der Waals surface area contributed by atoms with Crippen LogP contribution in [0.4, 0.5) is 11.4 Å². The number of carbonyl (C=O) groups is 1. The quantitative estimate of drug-likeness (QED) is 0.547. The molecule has 0 fully saturated rings. The number of para-hydroxylation sites is 2. The fourth-order valence-corrected chi connectivity index (χ4v) is 4.65. The Morgan fingerprint density at radius 1 is 1.03 bits per heavy atom. The summed E-state index contributed by atoms with van der Waals surface area (Å²) in [4.78, 5) is 22.1. The average molecular weight is 432 g/mol. The molecule has 2 aromatic carbocycles. The van der Waals surface area contributed by atoms with Gasteiger partial charge in [0.05, 0.1) is 27.9 Å². The number of carbonyl (C=O) groups excluding carboxylic acids is 1. The van der Waals surface area contributed by atoms with Gasteiger partial charge in [-0.2, -0.15) is 0 Å². The van der Waals surface area contributed by atoms with Crippen molar-refractivity contribution in [2.45, 2.75) is 45.4 Å². The number of allylic oxidation sites excluding steroid dienone is 1. The molecular formula is C26H29N3OS. The maximum absolute atomic E-state index is 12.4. The van der Waals surface area contributed by atoms with Crippen molar-refractivity contribution in [2.24, 2.45) is 9.98 Å². The van der Waals surface area contributed by atoms with Gasteiger partial charge in [-0.05, 0) is 56.7 Å². The number of rotatable bonds is 6. The lowest BCUT2D eigenvalue weighted by Gasteiger charge is -2.13. The largest absolute Gasteiger partial charge is 0.355 e. The molecule has 4 nitrogen and oxygen atoms in total. The molecule has 160 valence electrons. The Hall–Kier alpha value is -2.66. The molecule has 0 radical (unpaired) electrons. The van der Waals surface area contributed by atoms with Gasteiger partial charge in [-0.15, -0.1) is 11.8 Å². The van der Waals surface area contributed by atoms with E-state index in [1.54, 1.807) is 0 Å². The summed E-state index contributed by atoms with van der Waals surface area (Å²) in [6.07, 6.45) is 8.88. The third-order valence-corrected chi connectivity index (χ3v) is 6.58. The first-order valence-electron chi connectivity index (χ1n) is 11.1. The number of benzene rings is 2. The molecule has 1 N–H and O–H groups in total. The van der Waals surface area contributed by atoms with E-state index < -0.39 is 0 Å². The third kappa shape index (κ3) is 6.17. The van der Waals surface area contributed by atoms with Crippen LogP contribution in [0.2, 0.25) is 0 Å². The van der Waals surface area contributed by atoms with Crippen molar-refractivity contribution in [3.8, 4) is 0 Å². The minimum absolute atomic E-state index is 0.0652. The van der Waals surface area contributed by atoms with E-state index in [1.807, 2.05) is 24.3 Å². The second kappa shape index (κ2) is 10.6.